The topological polar surface area (TPSA) is 20.3 Å². The molecule has 0 aromatic heterocycles. The summed E-state index contributed by atoms with van der Waals surface area (Å²) in [7, 11) is 0. The second-order valence-corrected chi connectivity index (χ2v) is 6.25. The Morgan fingerprint density at radius 3 is 2.41 bits per heavy atom. The van der Waals surface area contributed by atoms with E-state index < -0.39 is 0 Å². The van der Waals surface area contributed by atoms with Crippen LogP contribution in [0.5, 0.6) is 0 Å². The zero-order valence-electron chi connectivity index (χ0n) is 11.3. The highest BCUT2D eigenvalue weighted by atomic mass is 79.9. The zero-order chi connectivity index (χ0) is 12.7. The summed E-state index contributed by atoms with van der Waals surface area (Å²) >= 11 is 3.46. The Hall–Kier alpha value is -0.0500. The van der Waals surface area contributed by atoms with Gasteiger partial charge in [-0.05, 0) is 19.3 Å². The Labute approximate surface area is 114 Å². The van der Waals surface area contributed by atoms with Crippen LogP contribution in [0.2, 0.25) is 0 Å². The molecule has 100 valence electrons. The van der Waals surface area contributed by atoms with Gasteiger partial charge < -0.3 is 4.90 Å². The van der Waals surface area contributed by atoms with Gasteiger partial charge in [0.25, 0.3) is 0 Å². The van der Waals surface area contributed by atoms with Crippen LogP contribution in [0, 0.1) is 5.41 Å². The number of hydrogen-bond acceptors (Lipinski definition) is 1. The average Bonchev–Trinajstić information content (AvgIpc) is 2.34. The molecule has 0 aromatic carbocycles. The largest absolute Gasteiger partial charge is 0.341 e. The fourth-order valence-corrected chi connectivity index (χ4v) is 3.12. The third-order valence-electron chi connectivity index (χ3n) is 3.90. The smallest absolute Gasteiger partial charge is 0.228 e. The Morgan fingerprint density at radius 2 is 1.88 bits per heavy atom. The number of carbonyl (C=O) groups excluding carboxylic acids is 1. The minimum atomic E-state index is -0.0752. The van der Waals surface area contributed by atoms with Crippen molar-refractivity contribution in [3.05, 3.63) is 0 Å². The molecule has 1 amide bonds. The number of unbranched alkanes of at least 4 members (excludes halogenated alkanes) is 1. The predicted molar refractivity (Wildman–Crippen MR) is 76.5 cm³/mol. The van der Waals surface area contributed by atoms with E-state index in [0.29, 0.717) is 5.91 Å². The van der Waals surface area contributed by atoms with E-state index in [4.69, 9.17) is 0 Å². The summed E-state index contributed by atoms with van der Waals surface area (Å²) in [6.45, 7) is 6.13. The van der Waals surface area contributed by atoms with Crippen LogP contribution in [0.3, 0.4) is 0 Å². The van der Waals surface area contributed by atoms with Gasteiger partial charge in [0.05, 0.1) is 0 Å². The highest BCUT2D eigenvalue weighted by molar-refractivity contribution is 9.09. The second kappa shape index (κ2) is 7.40. The monoisotopic (exact) mass is 303 g/mol. The Bertz CT molecular complexity index is 236. The lowest BCUT2D eigenvalue weighted by Crippen LogP contribution is -2.44. The van der Waals surface area contributed by atoms with Gasteiger partial charge in [0.1, 0.15) is 0 Å². The van der Waals surface area contributed by atoms with Crippen LogP contribution < -0.4 is 0 Å². The number of rotatable bonds is 6. The van der Waals surface area contributed by atoms with Crippen molar-refractivity contribution in [1.82, 2.24) is 4.90 Å². The van der Waals surface area contributed by atoms with Crippen molar-refractivity contribution in [2.24, 2.45) is 5.41 Å². The summed E-state index contributed by atoms with van der Waals surface area (Å²) in [6.07, 6.45) is 8.18. The van der Waals surface area contributed by atoms with Crippen molar-refractivity contribution in [2.75, 3.05) is 18.4 Å². The summed E-state index contributed by atoms with van der Waals surface area (Å²) in [4.78, 5) is 14.7. The number of nitrogens with zero attached hydrogens (tertiary/aromatic N) is 1. The first kappa shape index (κ1) is 15.0. The molecular formula is C14H26BrNO. The molecule has 1 rings (SSSR count). The molecular weight excluding hydrogens is 278 g/mol. The van der Waals surface area contributed by atoms with Crippen molar-refractivity contribution in [3.63, 3.8) is 0 Å². The molecule has 0 atom stereocenters. The summed E-state index contributed by atoms with van der Waals surface area (Å²) in [6, 6.07) is 0. The molecule has 0 heterocycles. The molecule has 1 aliphatic rings. The molecule has 0 unspecified atom stereocenters. The van der Waals surface area contributed by atoms with E-state index in [-0.39, 0.29) is 5.41 Å². The molecule has 1 fully saturated rings. The highest BCUT2D eigenvalue weighted by Crippen LogP contribution is 2.37. The maximum atomic E-state index is 12.6. The first-order valence-corrected chi connectivity index (χ1v) is 8.11. The average molecular weight is 304 g/mol. The van der Waals surface area contributed by atoms with Crippen molar-refractivity contribution in [1.29, 1.82) is 0 Å². The second-order valence-electron chi connectivity index (χ2n) is 5.46. The Balaban J connectivity index is 2.61. The van der Waals surface area contributed by atoms with Crippen LogP contribution in [0.15, 0.2) is 0 Å². The summed E-state index contributed by atoms with van der Waals surface area (Å²) < 4.78 is 0. The lowest BCUT2D eigenvalue weighted by atomic mass is 9.74. The Morgan fingerprint density at radius 1 is 1.24 bits per heavy atom. The third kappa shape index (κ3) is 4.27. The Kier molecular flexibility index (Phi) is 6.53. The van der Waals surface area contributed by atoms with Crippen molar-refractivity contribution in [2.45, 2.75) is 58.8 Å². The van der Waals surface area contributed by atoms with Gasteiger partial charge in [0, 0.05) is 23.8 Å². The molecule has 0 aliphatic heterocycles. The summed E-state index contributed by atoms with van der Waals surface area (Å²) in [5, 5.41) is 0.887. The van der Waals surface area contributed by atoms with Crippen LogP contribution in [-0.2, 0) is 4.79 Å². The normalized spacial score (nSPS) is 19.0. The van der Waals surface area contributed by atoms with E-state index in [0.717, 1.165) is 44.1 Å². The minimum Gasteiger partial charge on any atom is -0.341 e. The fourth-order valence-electron chi connectivity index (χ4n) is 2.69. The minimum absolute atomic E-state index is 0.0752. The van der Waals surface area contributed by atoms with Gasteiger partial charge in [-0.3, -0.25) is 4.79 Å². The van der Waals surface area contributed by atoms with Gasteiger partial charge in [-0.15, -0.1) is 0 Å². The maximum Gasteiger partial charge on any atom is 0.228 e. The van der Waals surface area contributed by atoms with E-state index in [1.54, 1.807) is 0 Å². The molecule has 0 N–H and O–H groups in total. The maximum absolute atomic E-state index is 12.6. The molecule has 2 nitrogen and oxygen atoms in total. The standard InChI is InChI=1S/C14H26BrNO/c1-3-4-11-16(12-10-15)13(17)14(2)8-6-5-7-9-14/h3-12H2,1-2H3. The van der Waals surface area contributed by atoms with E-state index in [1.165, 1.54) is 19.3 Å². The lowest BCUT2D eigenvalue weighted by molar-refractivity contribution is -0.142. The quantitative estimate of drug-likeness (QED) is 0.680. The van der Waals surface area contributed by atoms with Gasteiger partial charge in [-0.25, -0.2) is 0 Å². The van der Waals surface area contributed by atoms with E-state index in [9.17, 15) is 4.79 Å². The van der Waals surface area contributed by atoms with Crippen molar-refractivity contribution in [3.8, 4) is 0 Å². The van der Waals surface area contributed by atoms with Crippen LogP contribution in [0.4, 0.5) is 0 Å². The van der Waals surface area contributed by atoms with Crippen LogP contribution in [0.1, 0.15) is 58.8 Å². The predicted octanol–water partition coefficient (Wildman–Crippen LogP) is 3.98. The first-order valence-electron chi connectivity index (χ1n) is 6.99. The van der Waals surface area contributed by atoms with Crippen molar-refractivity contribution < 1.29 is 4.79 Å². The molecule has 0 aromatic rings. The summed E-state index contributed by atoms with van der Waals surface area (Å²) in [5.74, 6) is 0.394. The van der Waals surface area contributed by atoms with E-state index >= 15 is 0 Å². The molecule has 0 bridgehead atoms. The molecule has 1 saturated carbocycles. The molecule has 3 heteroatoms. The van der Waals surface area contributed by atoms with Gasteiger partial charge in [-0.2, -0.15) is 0 Å². The number of halogens is 1. The first-order chi connectivity index (χ1) is 8.14. The SMILES string of the molecule is CCCCN(CCBr)C(=O)C1(C)CCCCC1. The number of amides is 1. The molecule has 0 saturated heterocycles. The lowest BCUT2D eigenvalue weighted by Gasteiger charge is -2.37. The molecule has 17 heavy (non-hydrogen) atoms. The van der Waals surface area contributed by atoms with Gasteiger partial charge in [0.15, 0.2) is 0 Å². The van der Waals surface area contributed by atoms with Crippen LogP contribution in [-0.4, -0.2) is 29.2 Å². The molecule has 0 spiro atoms. The van der Waals surface area contributed by atoms with Crippen LogP contribution >= 0.6 is 15.9 Å². The fraction of sp³-hybridized carbons (Fsp3) is 0.929. The molecule has 1 aliphatic carbocycles. The number of carbonyl (C=O) groups is 1. The van der Waals surface area contributed by atoms with Gasteiger partial charge in [-0.1, -0.05) is 55.5 Å². The number of alkyl halides is 1. The van der Waals surface area contributed by atoms with Gasteiger partial charge in [0.2, 0.25) is 5.91 Å². The van der Waals surface area contributed by atoms with Crippen molar-refractivity contribution >= 4 is 21.8 Å². The van der Waals surface area contributed by atoms with E-state index in [2.05, 4.69) is 34.7 Å². The zero-order valence-corrected chi connectivity index (χ0v) is 12.9. The van der Waals surface area contributed by atoms with Crippen LogP contribution in [0.25, 0.3) is 0 Å². The summed E-state index contributed by atoms with van der Waals surface area (Å²) in [5.41, 5.74) is -0.0752. The highest BCUT2D eigenvalue weighted by Gasteiger charge is 2.37. The third-order valence-corrected chi connectivity index (χ3v) is 4.25. The van der Waals surface area contributed by atoms with Gasteiger partial charge >= 0.3 is 0 Å². The number of hydrogen-bond donors (Lipinski definition) is 0. The molecule has 0 radical (unpaired) electrons. The van der Waals surface area contributed by atoms with E-state index in [1.807, 2.05) is 0 Å².